The van der Waals surface area contributed by atoms with Crippen LogP contribution in [0.3, 0.4) is 0 Å². The lowest BCUT2D eigenvalue weighted by atomic mass is 9.38. The maximum Gasteiger partial charge on any atom is 0.0411 e. The molecule has 6 aliphatic carbocycles. The van der Waals surface area contributed by atoms with Crippen molar-refractivity contribution in [3.63, 3.8) is 0 Å². The molecule has 8 fully saturated rings. The van der Waals surface area contributed by atoms with Crippen molar-refractivity contribution in [2.45, 2.75) is 186 Å². The molecule has 10 rings (SSSR count). The molecule has 2 saturated heterocycles. The van der Waals surface area contributed by atoms with Gasteiger partial charge in [-0.3, -0.25) is 0 Å². The Balaban J connectivity index is 1.05. The molecule has 2 heterocycles. The molecule has 3 unspecified atom stereocenters. The van der Waals surface area contributed by atoms with Crippen LogP contribution >= 0.6 is 0 Å². The predicted octanol–water partition coefficient (Wildman–Crippen LogP) is 12.1. The fourth-order valence-corrected chi connectivity index (χ4v) is 15.7. The van der Waals surface area contributed by atoms with Gasteiger partial charge < -0.3 is 9.80 Å². The van der Waals surface area contributed by atoms with E-state index >= 15 is 0 Å². The van der Waals surface area contributed by atoms with Gasteiger partial charge in [-0.25, -0.2) is 0 Å². The summed E-state index contributed by atoms with van der Waals surface area (Å²) in [7, 11) is 0. The second-order valence-electron chi connectivity index (χ2n) is 19.7. The van der Waals surface area contributed by atoms with Crippen molar-refractivity contribution in [2.24, 2.45) is 28.6 Å². The van der Waals surface area contributed by atoms with Crippen LogP contribution in [0.4, 0.5) is 11.4 Å². The Labute approximate surface area is 293 Å². The number of hydrogen-bond acceptors (Lipinski definition) is 2. The fraction of sp³-hybridized carbons (Fsp3) is 0.739. The Morgan fingerprint density at radius 2 is 1.35 bits per heavy atom. The molecule has 0 amide bonds. The zero-order chi connectivity index (χ0) is 33.1. The highest BCUT2D eigenvalue weighted by molar-refractivity contribution is 5.61. The Morgan fingerprint density at radius 3 is 2.00 bits per heavy atom. The largest absolute Gasteiger partial charge is 0.363 e. The van der Waals surface area contributed by atoms with E-state index in [1.807, 2.05) is 0 Å². The van der Waals surface area contributed by atoms with Crippen LogP contribution in [0.15, 0.2) is 42.5 Å². The standard InChI is InChI=1S/C46H66N2/c1-7-41-43(20-12-8-13-21-43)31-45(22-14-9-15-23-45)48(41)40-19-18-36(24-33(40)3)44-27-35-25-37(28-44)46(38(26-35)29-44)30-42(5,6)47(34(46)4)39-17-11-10-16-32(39)2/h10-11,16-19,24,34-35,37-38,41H,7-9,12-15,20-23,25-31H2,1-6H3/t34-,35?,37?,38?,41?,44?,46?/m0/s1. The van der Waals surface area contributed by atoms with Crippen LogP contribution in [-0.2, 0) is 5.41 Å². The zero-order valence-electron chi connectivity index (χ0n) is 31.6. The first kappa shape index (κ1) is 32.0. The number of aryl methyl sites for hydroxylation is 2. The zero-order valence-corrected chi connectivity index (χ0v) is 31.6. The van der Waals surface area contributed by atoms with Crippen LogP contribution in [0, 0.1) is 42.4 Å². The van der Waals surface area contributed by atoms with E-state index in [1.54, 1.807) is 16.8 Å². The molecular weight excluding hydrogens is 581 g/mol. The number of para-hydroxylation sites is 1. The first-order valence-corrected chi connectivity index (χ1v) is 20.8. The molecule has 2 aromatic carbocycles. The van der Waals surface area contributed by atoms with E-state index in [1.165, 1.54) is 127 Å². The number of hydrogen-bond donors (Lipinski definition) is 0. The molecule has 8 aliphatic rings. The SMILES string of the molecule is CCC1N(c2ccc(C34CC5CC(C3)C3(CC(C)(C)N(c6ccccc6C)[C@H]3C)C(C5)C4)cc2C)C2(CCCCC2)CC12CCCCC2. The smallest absolute Gasteiger partial charge is 0.0411 e. The van der Waals surface area contributed by atoms with Crippen LogP contribution in [-0.4, -0.2) is 23.2 Å². The Morgan fingerprint density at radius 1 is 0.708 bits per heavy atom. The number of benzene rings is 2. The topological polar surface area (TPSA) is 6.48 Å². The fourth-order valence-electron chi connectivity index (χ4n) is 15.7. The van der Waals surface area contributed by atoms with Gasteiger partial charge in [-0.15, -0.1) is 0 Å². The molecule has 4 atom stereocenters. The number of nitrogens with zero attached hydrogens (tertiary/aromatic N) is 2. The monoisotopic (exact) mass is 647 g/mol. The highest BCUT2D eigenvalue weighted by Gasteiger charge is 2.69. The lowest BCUT2D eigenvalue weighted by Crippen LogP contribution is -2.61. The van der Waals surface area contributed by atoms with Crippen LogP contribution in [0.25, 0.3) is 0 Å². The van der Waals surface area contributed by atoms with Crippen molar-refractivity contribution in [3.05, 3.63) is 59.2 Å². The van der Waals surface area contributed by atoms with E-state index in [9.17, 15) is 0 Å². The highest BCUT2D eigenvalue weighted by Crippen LogP contribution is 2.73. The van der Waals surface area contributed by atoms with Crippen molar-refractivity contribution in [2.75, 3.05) is 9.80 Å². The van der Waals surface area contributed by atoms with Gasteiger partial charge in [0.25, 0.3) is 0 Å². The van der Waals surface area contributed by atoms with Gasteiger partial charge in [-0.2, -0.15) is 0 Å². The van der Waals surface area contributed by atoms with Crippen LogP contribution in [0.1, 0.15) is 160 Å². The summed E-state index contributed by atoms with van der Waals surface area (Å²) in [5, 5.41) is 0. The minimum absolute atomic E-state index is 0.197. The maximum absolute atomic E-state index is 3.12. The van der Waals surface area contributed by atoms with Crippen molar-refractivity contribution in [1.29, 1.82) is 0 Å². The summed E-state index contributed by atoms with van der Waals surface area (Å²) in [5.74, 6) is 2.63. The second-order valence-corrected chi connectivity index (χ2v) is 19.7. The van der Waals surface area contributed by atoms with Gasteiger partial charge in [0, 0.05) is 34.5 Å². The van der Waals surface area contributed by atoms with Crippen LogP contribution < -0.4 is 9.80 Å². The van der Waals surface area contributed by atoms with E-state index < -0.39 is 0 Å². The minimum Gasteiger partial charge on any atom is -0.363 e. The van der Waals surface area contributed by atoms with Crippen LogP contribution in [0.2, 0.25) is 0 Å². The Bertz CT molecular complexity index is 1520. The molecule has 2 heteroatoms. The number of anilines is 2. The molecule has 260 valence electrons. The third-order valence-electron chi connectivity index (χ3n) is 16.9. The van der Waals surface area contributed by atoms with E-state index in [0.29, 0.717) is 27.8 Å². The molecule has 2 aromatic rings. The lowest BCUT2D eigenvalue weighted by molar-refractivity contribution is -0.126. The molecule has 0 N–H and O–H groups in total. The van der Waals surface area contributed by atoms with Gasteiger partial charge in [0.1, 0.15) is 0 Å². The van der Waals surface area contributed by atoms with Crippen molar-refractivity contribution in [3.8, 4) is 0 Å². The highest BCUT2D eigenvalue weighted by atomic mass is 15.3. The van der Waals surface area contributed by atoms with E-state index in [0.717, 1.165) is 23.8 Å². The van der Waals surface area contributed by atoms with E-state index in [-0.39, 0.29) is 5.54 Å². The minimum atomic E-state index is 0.197. The summed E-state index contributed by atoms with van der Waals surface area (Å²) < 4.78 is 0. The van der Waals surface area contributed by atoms with Gasteiger partial charge >= 0.3 is 0 Å². The molecule has 0 aromatic heterocycles. The third kappa shape index (κ3) is 4.34. The Kier molecular flexibility index (Phi) is 7.34. The third-order valence-corrected chi connectivity index (χ3v) is 16.9. The van der Waals surface area contributed by atoms with Gasteiger partial charge in [0.15, 0.2) is 0 Å². The average Bonchev–Trinajstić information content (AvgIpc) is 3.43. The first-order valence-electron chi connectivity index (χ1n) is 20.8. The van der Waals surface area contributed by atoms with Crippen LogP contribution in [0.5, 0.6) is 0 Å². The van der Waals surface area contributed by atoms with Crippen molar-refractivity contribution < 1.29 is 0 Å². The summed E-state index contributed by atoms with van der Waals surface area (Å²) >= 11 is 0. The van der Waals surface area contributed by atoms with E-state index in [4.69, 9.17) is 0 Å². The predicted molar refractivity (Wildman–Crippen MR) is 203 cm³/mol. The molecule has 6 saturated carbocycles. The molecule has 4 bridgehead atoms. The molecule has 48 heavy (non-hydrogen) atoms. The molecule has 2 nitrogen and oxygen atoms in total. The lowest BCUT2D eigenvalue weighted by Gasteiger charge is -2.66. The first-order chi connectivity index (χ1) is 23.1. The molecule has 2 aliphatic heterocycles. The van der Waals surface area contributed by atoms with Crippen molar-refractivity contribution >= 4 is 11.4 Å². The van der Waals surface area contributed by atoms with Gasteiger partial charge in [-0.1, -0.05) is 75.8 Å². The molecule has 3 spiro atoms. The maximum atomic E-state index is 3.12. The normalized spacial score (nSPS) is 38.9. The van der Waals surface area contributed by atoms with Gasteiger partial charge in [0.2, 0.25) is 0 Å². The van der Waals surface area contributed by atoms with Gasteiger partial charge in [0.05, 0.1) is 0 Å². The summed E-state index contributed by atoms with van der Waals surface area (Å²) in [6, 6.07) is 18.7. The molecular formula is C46H66N2. The van der Waals surface area contributed by atoms with E-state index in [2.05, 4.69) is 93.8 Å². The number of rotatable bonds is 4. The summed E-state index contributed by atoms with van der Waals surface area (Å²) in [6.45, 7) is 15.1. The quantitative estimate of drug-likeness (QED) is 0.326. The summed E-state index contributed by atoms with van der Waals surface area (Å²) in [5.41, 5.74) is 9.87. The summed E-state index contributed by atoms with van der Waals surface area (Å²) in [4.78, 5) is 6.00. The summed E-state index contributed by atoms with van der Waals surface area (Å²) in [6.07, 6.45) is 25.9. The molecule has 0 radical (unpaired) electrons. The van der Waals surface area contributed by atoms with Gasteiger partial charge in [-0.05, 0) is 174 Å². The average molecular weight is 647 g/mol. The second kappa shape index (κ2) is 11.0. The Hall–Kier alpha value is -1.96. The van der Waals surface area contributed by atoms with Crippen molar-refractivity contribution in [1.82, 2.24) is 0 Å².